The van der Waals surface area contributed by atoms with Gasteiger partial charge < -0.3 is 10.1 Å². The van der Waals surface area contributed by atoms with Crippen molar-refractivity contribution in [2.24, 2.45) is 0 Å². The first-order valence-electron chi connectivity index (χ1n) is 8.51. The van der Waals surface area contributed by atoms with Gasteiger partial charge in [0.2, 0.25) is 0 Å². The smallest absolute Gasteiger partial charge is 0.407 e. The topological polar surface area (TPSA) is 65.4 Å². The zero-order valence-electron chi connectivity index (χ0n) is 15.0. The van der Waals surface area contributed by atoms with Crippen LogP contribution in [-0.4, -0.2) is 36.2 Å². The molecular formula is C19H29N3O2. The average Bonchev–Trinajstić information content (AvgIpc) is 2.51. The molecule has 5 nitrogen and oxygen atoms in total. The summed E-state index contributed by atoms with van der Waals surface area (Å²) in [5.41, 5.74) is 0.788. The van der Waals surface area contributed by atoms with Gasteiger partial charge >= 0.3 is 6.09 Å². The summed E-state index contributed by atoms with van der Waals surface area (Å²) in [6.45, 7) is 8.68. The Morgan fingerprint density at radius 1 is 1.21 bits per heavy atom. The van der Waals surface area contributed by atoms with E-state index in [0.717, 1.165) is 32.5 Å². The second kappa shape index (κ2) is 10.7. The van der Waals surface area contributed by atoms with Crippen LogP contribution in [0.3, 0.4) is 0 Å². The molecule has 0 radical (unpaired) electrons. The summed E-state index contributed by atoms with van der Waals surface area (Å²) >= 11 is 0. The standard InChI is InChI=1S/C19H29N3O2/c1-19(2,3)24-18(23)21-13-7-8-14-22(15-9-12-20)16-17-10-5-4-6-11-17/h4-6,10-11H,7-9,13-16H2,1-3H3,(H,21,23). The van der Waals surface area contributed by atoms with Crippen molar-refractivity contribution in [3.05, 3.63) is 35.9 Å². The highest BCUT2D eigenvalue weighted by atomic mass is 16.6. The number of alkyl carbamates (subject to hydrolysis) is 1. The number of unbranched alkanes of at least 4 members (excludes halogenated alkanes) is 1. The molecule has 0 aromatic heterocycles. The first kappa shape index (κ1) is 20.0. The molecule has 0 aliphatic rings. The van der Waals surface area contributed by atoms with Crippen molar-refractivity contribution in [1.82, 2.24) is 10.2 Å². The number of nitrogens with one attached hydrogen (secondary N) is 1. The highest BCUT2D eigenvalue weighted by molar-refractivity contribution is 5.67. The number of carbonyl (C=O) groups excluding carboxylic acids is 1. The summed E-state index contributed by atoms with van der Waals surface area (Å²) < 4.78 is 5.20. The Kier molecular flexibility index (Phi) is 8.88. The summed E-state index contributed by atoms with van der Waals surface area (Å²) in [7, 11) is 0. The first-order valence-corrected chi connectivity index (χ1v) is 8.51. The molecule has 0 fully saturated rings. The quantitative estimate of drug-likeness (QED) is 0.701. The number of hydrogen-bond donors (Lipinski definition) is 1. The number of amides is 1. The molecule has 0 aliphatic carbocycles. The average molecular weight is 331 g/mol. The van der Waals surface area contributed by atoms with E-state index >= 15 is 0 Å². The van der Waals surface area contributed by atoms with Crippen molar-refractivity contribution in [2.75, 3.05) is 19.6 Å². The van der Waals surface area contributed by atoms with Gasteiger partial charge in [-0.25, -0.2) is 4.79 Å². The highest BCUT2D eigenvalue weighted by Gasteiger charge is 2.15. The molecule has 0 saturated carbocycles. The van der Waals surface area contributed by atoms with Crippen molar-refractivity contribution in [3.63, 3.8) is 0 Å². The van der Waals surface area contributed by atoms with E-state index in [1.54, 1.807) is 0 Å². The Hall–Kier alpha value is -2.06. The van der Waals surface area contributed by atoms with Crippen LogP contribution in [0.2, 0.25) is 0 Å². The van der Waals surface area contributed by atoms with Crippen LogP contribution in [0, 0.1) is 11.3 Å². The lowest BCUT2D eigenvalue weighted by atomic mass is 10.2. The van der Waals surface area contributed by atoms with Gasteiger partial charge in [-0.05, 0) is 45.7 Å². The maximum atomic E-state index is 11.6. The Bertz CT molecular complexity index is 518. The number of rotatable bonds is 9. The molecule has 132 valence electrons. The number of nitrogens with zero attached hydrogens (tertiary/aromatic N) is 2. The molecule has 0 unspecified atom stereocenters. The third-order valence-electron chi connectivity index (χ3n) is 3.36. The Morgan fingerprint density at radius 2 is 1.92 bits per heavy atom. The molecule has 1 amide bonds. The van der Waals surface area contributed by atoms with Gasteiger partial charge in [-0.1, -0.05) is 30.3 Å². The van der Waals surface area contributed by atoms with Gasteiger partial charge in [-0.2, -0.15) is 5.26 Å². The monoisotopic (exact) mass is 331 g/mol. The molecule has 0 aliphatic heterocycles. The third-order valence-corrected chi connectivity index (χ3v) is 3.36. The number of ether oxygens (including phenoxy) is 1. The molecule has 1 rings (SSSR count). The van der Waals surface area contributed by atoms with Crippen molar-refractivity contribution in [2.45, 2.75) is 52.2 Å². The van der Waals surface area contributed by atoms with E-state index < -0.39 is 5.60 Å². The van der Waals surface area contributed by atoms with Crippen molar-refractivity contribution >= 4 is 6.09 Å². The van der Waals surface area contributed by atoms with Crippen LogP contribution in [0.15, 0.2) is 30.3 Å². The fourth-order valence-corrected chi connectivity index (χ4v) is 2.28. The van der Waals surface area contributed by atoms with Crippen LogP contribution in [0.25, 0.3) is 0 Å². The molecule has 24 heavy (non-hydrogen) atoms. The summed E-state index contributed by atoms with van der Waals surface area (Å²) in [4.78, 5) is 13.8. The Balaban J connectivity index is 2.27. The molecule has 0 spiro atoms. The number of carbonyl (C=O) groups is 1. The van der Waals surface area contributed by atoms with E-state index in [1.165, 1.54) is 5.56 Å². The van der Waals surface area contributed by atoms with Crippen LogP contribution >= 0.6 is 0 Å². The van der Waals surface area contributed by atoms with Gasteiger partial charge in [0.05, 0.1) is 6.07 Å². The Morgan fingerprint density at radius 3 is 2.54 bits per heavy atom. The molecular weight excluding hydrogens is 302 g/mol. The van der Waals surface area contributed by atoms with Crippen LogP contribution in [0.1, 0.15) is 45.6 Å². The van der Waals surface area contributed by atoms with Crippen LogP contribution in [0.5, 0.6) is 0 Å². The highest BCUT2D eigenvalue weighted by Crippen LogP contribution is 2.08. The summed E-state index contributed by atoms with van der Waals surface area (Å²) in [6, 6.07) is 12.5. The van der Waals surface area contributed by atoms with Crippen molar-refractivity contribution in [3.8, 4) is 6.07 Å². The van der Waals surface area contributed by atoms with Crippen LogP contribution in [0.4, 0.5) is 4.79 Å². The van der Waals surface area contributed by atoms with E-state index in [9.17, 15) is 4.79 Å². The second-order valence-electron chi connectivity index (χ2n) is 6.81. The maximum Gasteiger partial charge on any atom is 0.407 e. The minimum Gasteiger partial charge on any atom is -0.444 e. The second-order valence-corrected chi connectivity index (χ2v) is 6.81. The minimum atomic E-state index is -0.464. The first-order chi connectivity index (χ1) is 11.4. The zero-order valence-corrected chi connectivity index (χ0v) is 15.0. The lowest BCUT2D eigenvalue weighted by molar-refractivity contribution is 0.0526. The summed E-state index contributed by atoms with van der Waals surface area (Å²) in [5, 5.41) is 11.6. The summed E-state index contributed by atoms with van der Waals surface area (Å²) in [5.74, 6) is 0. The van der Waals surface area contributed by atoms with Crippen LogP contribution in [-0.2, 0) is 11.3 Å². The van der Waals surface area contributed by atoms with Gasteiger partial charge in [0.15, 0.2) is 0 Å². The fourth-order valence-electron chi connectivity index (χ4n) is 2.28. The van der Waals surface area contributed by atoms with Gasteiger partial charge in [-0.3, -0.25) is 4.90 Å². The van der Waals surface area contributed by atoms with E-state index in [2.05, 4.69) is 28.4 Å². The summed E-state index contributed by atoms with van der Waals surface area (Å²) in [6.07, 6.45) is 2.02. The molecule has 1 aromatic rings. The fraction of sp³-hybridized carbons (Fsp3) is 0.579. The van der Waals surface area contributed by atoms with Crippen molar-refractivity contribution < 1.29 is 9.53 Å². The number of nitriles is 1. The largest absolute Gasteiger partial charge is 0.444 e. The zero-order chi connectivity index (χ0) is 17.8. The molecule has 1 aromatic carbocycles. The van der Waals surface area contributed by atoms with Gasteiger partial charge in [-0.15, -0.1) is 0 Å². The van der Waals surface area contributed by atoms with Gasteiger partial charge in [0.25, 0.3) is 0 Å². The molecule has 0 bridgehead atoms. The molecule has 1 N–H and O–H groups in total. The number of hydrogen-bond acceptors (Lipinski definition) is 4. The minimum absolute atomic E-state index is 0.367. The van der Waals surface area contributed by atoms with Crippen LogP contribution < -0.4 is 5.32 Å². The Labute approximate surface area is 145 Å². The van der Waals surface area contributed by atoms with E-state index in [-0.39, 0.29) is 6.09 Å². The van der Waals surface area contributed by atoms with Gasteiger partial charge in [0.1, 0.15) is 5.60 Å². The van der Waals surface area contributed by atoms with E-state index in [0.29, 0.717) is 13.0 Å². The maximum absolute atomic E-state index is 11.6. The number of benzene rings is 1. The third kappa shape index (κ3) is 9.86. The predicted octanol–water partition coefficient (Wildman–Crippen LogP) is 3.71. The predicted molar refractivity (Wildman–Crippen MR) is 95.4 cm³/mol. The molecule has 0 atom stereocenters. The van der Waals surface area contributed by atoms with E-state index in [4.69, 9.17) is 10.00 Å². The molecule has 5 heteroatoms. The van der Waals surface area contributed by atoms with E-state index in [1.807, 2.05) is 39.0 Å². The molecule has 0 saturated heterocycles. The van der Waals surface area contributed by atoms with Gasteiger partial charge in [0, 0.05) is 26.1 Å². The lowest BCUT2D eigenvalue weighted by Gasteiger charge is -2.22. The lowest BCUT2D eigenvalue weighted by Crippen LogP contribution is -2.33. The SMILES string of the molecule is CC(C)(C)OC(=O)NCCCCN(CCC#N)Cc1ccccc1. The molecule has 0 heterocycles. The normalized spacial score (nSPS) is 11.1. The van der Waals surface area contributed by atoms with Crippen molar-refractivity contribution in [1.29, 1.82) is 5.26 Å².